The Hall–Kier alpha value is -2.58. The van der Waals surface area contributed by atoms with E-state index in [0.717, 1.165) is 11.3 Å². The van der Waals surface area contributed by atoms with Crippen molar-refractivity contribution >= 4 is 45.7 Å². The molecule has 1 aromatic heterocycles. The number of hydrogen-bond donors (Lipinski definition) is 2. The Morgan fingerprint density at radius 2 is 1.92 bits per heavy atom. The van der Waals surface area contributed by atoms with Gasteiger partial charge >= 0.3 is 5.97 Å². The molecule has 126 valence electrons. The summed E-state index contributed by atoms with van der Waals surface area (Å²) in [6.07, 6.45) is 0. The van der Waals surface area contributed by atoms with Gasteiger partial charge in [-0.05, 0) is 23.6 Å². The molecule has 2 aromatic rings. The second-order valence-electron chi connectivity index (χ2n) is 4.46. The molecule has 0 saturated carbocycles. The fourth-order valence-electron chi connectivity index (χ4n) is 1.65. The van der Waals surface area contributed by atoms with Crippen LogP contribution in [0.15, 0.2) is 35.7 Å². The van der Waals surface area contributed by atoms with E-state index in [-0.39, 0.29) is 12.2 Å². The Morgan fingerprint density at radius 3 is 2.62 bits per heavy atom. The van der Waals surface area contributed by atoms with E-state index in [0.29, 0.717) is 15.8 Å². The van der Waals surface area contributed by atoms with Crippen molar-refractivity contribution in [1.29, 1.82) is 0 Å². The fourth-order valence-corrected chi connectivity index (χ4v) is 2.65. The molecule has 0 fully saturated rings. The van der Waals surface area contributed by atoms with Crippen molar-refractivity contribution < 1.29 is 23.9 Å². The average Bonchev–Trinajstić information content (AvgIpc) is 3.00. The van der Waals surface area contributed by atoms with Crippen LogP contribution in [0.3, 0.4) is 0 Å². The van der Waals surface area contributed by atoms with E-state index in [4.69, 9.17) is 26.8 Å². The maximum absolute atomic E-state index is 11.7. The number of thiophene rings is 1. The first-order valence-corrected chi connectivity index (χ1v) is 7.93. The molecule has 7 nitrogen and oxygen atoms in total. The van der Waals surface area contributed by atoms with Crippen LogP contribution in [0.4, 0.5) is 5.00 Å². The maximum atomic E-state index is 11.7. The number of nitrogens with two attached hydrogens (primary N) is 1. The number of anilines is 1. The summed E-state index contributed by atoms with van der Waals surface area (Å²) >= 11 is 7.01. The number of amides is 2. The zero-order chi connectivity index (χ0) is 17.5. The van der Waals surface area contributed by atoms with Crippen molar-refractivity contribution in [3.05, 3.63) is 46.3 Å². The monoisotopic (exact) mass is 368 g/mol. The molecule has 3 N–H and O–H groups in total. The van der Waals surface area contributed by atoms with Crippen molar-refractivity contribution in [2.75, 3.05) is 18.5 Å². The molecule has 0 aliphatic heterocycles. The van der Waals surface area contributed by atoms with Gasteiger partial charge in [0, 0.05) is 0 Å². The summed E-state index contributed by atoms with van der Waals surface area (Å²) in [5, 5.41) is 4.72. The number of hydrogen-bond acceptors (Lipinski definition) is 6. The van der Waals surface area contributed by atoms with Crippen molar-refractivity contribution in [1.82, 2.24) is 0 Å². The lowest BCUT2D eigenvalue weighted by Crippen LogP contribution is -2.24. The predicted molar refractivity (Wildman–Crippen MR) is 89.4 cm³/mol. The van der Waals surface area contributed by atoms with Gasteiger partial charge in [-0.1, -0.05) is 23.7 Å². The summed E-state index contributed by atoms with van der Waals surface area (Å²) in [4.78, 5) is 34.4. The number of carbonyl (C=O) groups excluding carboxylic acids is 3. The lowest BCUT2D eigenvalue weighted by atomic mass is 10.3. The number of rotatable bonds is 7. The first-order valence-electron chi connectivity index (χ1n) is 6.67. The van der Waals surface area contributed by atoms with Gasteiger partial charge in [0.05, 0.1) is 10.6 Å². The van der Waals surface area contributed by atoms with E-state index in [9.17, 15) is 14.4 Å². The highest BCUT2D eigenvalue weighted by atomic mass is 35.5. The van der Waals surface area contributed by atoms with Crippen LogP contribution in [0, 0.1) is 0 Å². The van der Waals surface area contributed by atoms with Crippen LogP contribution in [0.2, 0.25) is 5.02 Å². The quantitative estimate of drug-likeness (QED) is 0.727. The first kappa shape index (κ1) is 17.8. The normalized spacial score (nSPS) is 10.0. The first-order chi connectivity index (χ1) is 11.5. The van der Waals surface area contributed by atoms with Crippen LogP contribution < -0.4 is 15.8 Å². The zero-order valence-electron chi connectivity index (χ0n) is 12.3. The van der Waals surface area contributed by atoms with E-state index >= 15 is 0 Å². The summed E-state index contributed by atoms with van der Waals surface area (Å²) < 4.78 is 9.97. The fraction of sp³-hybridized carbons (Fsp3) is 0.133. The number of para-hydroxylation sites is 1. The standard InChI is InChI=1S/C15H13ClN2O5S/c16-10-3-1-2-4-11(10)22-8-13(20)23-7-12(19)18-15-9(14(17)21)5-6-24-15/h1-6H,7-8H2,(H2,17,21)(H,18,19). The summed E-state index contributed by atoms with van der Waals surface area (Å²) in [5.41, 5.74) is 5.36. The Bertz CT molecular complexity index is 762. The molecule has 1 heterocycles. The average molecular weight is 369 g/mol. The number of benzene rings is 1. The van der Waals surface area contributed by atoms with E-state index in [1.807, 2.05) is 0 Å². The van der Waals surface area contributed by atoms with Gasteiger partial charge in [-0.2, -0.15) is 0 Å². The molecular weight excluding hydrogens is 356 g/mol. The van der Waals surface area contributed by atoms with Crippen molar-refractivity contribution in [2.45, 2.75) is 0 Å². The Labute approximate surface area is 146 Å². The summed E-state index contributed by atoms with van der Waals surface area (Å²) in [5.74, 6) is -1.64. The van der Waals surface area contributed by atoms with Gasteiger partial charge in [0.1, 0.15) is 10.8 Å². The molecule has 0 bridgehead atoms. The molecule has 0 spiro atoms. The molecule has 2 rings (SSSR count). The smallest absolute Gasteiger partial charge is 0.344 e. The second-order valence-corrected chi connectivity index (χ2v) is 5.78. The zero-order valence-corrected chi connectivity index (χ0v) is 13.9. The predicted octanol–water partition coefficient (Wildman–Crippen LogP) is 2.06. The second kappa shape index (κ2) is 8.32. The minimum absolute atomic E-state index is 0.196. The lowest BCUT2D eigenvalue weighted by molar-refractivity contribution is -0.149. The third kappa shape index (κ3) is 4.97. The van der Waals surface area contributed by atoms with Crippen molar-refractivity contribution in [2.24, 2.45) is 5.73 Å². The number of primary amides is 1. The van der Waals surface area contributed by atoms with Crippen molar-refractivity contribution in [3.63, 3.8) is 0 Å². The van der Waals surface area contributed by atoms with Crippen LogP contribution in [-0.4, -0.2) is 31.0 Å². The SMILES string of the molecule is NC(=O)c1ccsc1NC(=O)COC(=O)COc1ccccc1Cl. The van der Waals surface area contributed by atoms with E-state index in [1.165, 1.54) is 6.07 Å². The molecule has 2 amide bonds. The Balaban J connectivity index is 1.77. The third-order valence-corrected chi connectivity index (χ3v) is 3.87. The lowest BCUT2D eigenvalue weighted by Gasteiger charge is -2.08. The Morgan fingerprint density at radius 1 is 1.17 bits per heavy atom. The number of carbonyl (C=O) groups is 3. The van der Waals surface area contributed by atoms with Gasteiger partial charge in [0.2, 0.25) is 0 Å². The maximum Gasteiger partial charge on any atom is 0.344 e. The van der Waals surface area contributed by atoms with Crippen molar-refractivity contribution in [3.8, 4) is 5.75 Å². The Kier molecular flexibility index (Phi) is 6.16. The van der Waals surface area contributed by atoms with Gasteiger partial charge in [-0.3, -0.25) is 9.59 Å². The molecule has 0 aliphatic rings. The van der Waals surface area contributed by atoms with Gasteiger partial charge < -0.3 is 20.5 Å². The van der Waals surface area contributed by atoms with Crippen LogP contribution in [0.5, 0.6) is 5.75 Å². The van der Waals surface area contributed by atoms with Gasteiger partial charge in [0.25, 0.3) is 11.8 Å². The van der Waals surface area contributed by atoms with E-state index in [2.05, 4.69) is 5.32 Å². The summed E-state index contributed by atoms with van der Waals surface area (Å²) in [7, 11) is 0. The molecule has 0 saturated heterocycles. The largest absolute Gasteiger partial charge is 0.480 e. The van der Waals surface area contributed by atoms with Gasteiger partial charge in [0.15, 0.2) is 13.2 Å². The van der Waals surface area contributed by atoms with Crippen LogP contribution in [-0.2, 0) is 14.3 Å². The molecule has 24 heavy (non-hydrogen) atoms. The third-order valence-electron chi connectivity index (χ3n) is 2.73. The topological polar surface area (TPSA) is 108 Å². The molecule has 1 aromatic carbocycles. The van der Waals surface area contributed by atoms with Crippen LogP contribution in [0.25, 0.3) is 0 Å². The number of esters is 1. The van der Waals surface area contributed by atoms with Crippen LogP contribution in [0.1, 0.15) is 10.4 Å². The molecule has 0 radical (unpaired) electrons. The minimum atomic E-state index is -0.730. The van der Waals surface area contributed by atoms with Gasteiger partial charge in [-0.25, -0.2) is 4.79 Å². The highest BCUT2D eigenvalue weighted by Crippen LogP contribution is 2.23. The van der Waals surface area contributed by atoms with E-state index < -0.39 is 24.4 Å². The highest BCUT2D eigenvalue weighted by molar-refractivity contribution is 7.14. The molecular formula is C15H13ClN2O5S. The number of nitrogens with one attached hydrogen (secondary N) is 1. The molecule has 0 atom stereocenters. The minimum Gasteiger partial charge on any atom is -0.480 e. The molecule has 9 heteroatoms. The number of halogens is 1. The summed E-state index contributed by atoms with van der Waals surface area (Å²) in [6, 6.07) is 8.14. The van der Waals surface area contributed by atoms with E-state index in [1.54, 1.807) is 29.6 Å². The summed E-state index contributed by atoms with van der Waals surface area (Å²) in [6.45, 7) is -0.899. The molecule has 0 unspecified atom stereocenters. The number of ether oxygens (including phenoxy) is 2. The van der Waals surface area contributed by atoms with Gasteiger partial charge in [-0.15, -0.1) is 11.3 Å². The molecule has 0 aliphatic carbocycles. The van der Waals surface area contributed by atoms with Crippen LogP contribution >= 0.6 is 22.9 Å². The highest BCUT2D eigenvalue weighted by Gasteiger charge is 2.14.